The van der Waals surface area contributed by atoms with Crippen LogP contribution in [0.2, 0.25) is 0 Å². The average Bonchev–Trinajstić information content (AvgIpc) is 2.85. The van der Waals surface area contributed by atoms with Crippen LogP contribution >= 0.6 is 0 Å². The maximum Gasteiger partial charge on any atom is 0.325 e. The normalized spacial score (nSPS) is 19.1. The fourth-order valence-electron chi connectivity index (χ4n) is 3.15. The van der Waals surface area contributed by atoms with Crippen molar-refractivity contribution in [3.05, 3.63) is 70.8 Å². The third-order valence-corrected chi connectivity index (χ3v) is 4.78. The fraction of sp³-hybridized carbons (Fsp3) is 0.286. The van der Waals surface area contributed by atoms with Crippen molar-refractivity contribution in [2.24, 2.45) is 0 Å². The lowest BCUT2D eigenvalue weighted by molar-refractivity contribution is -0.134. The Morgan fingerprint density at radius 1 is 1.07 bits per heavy atom. The minimum atomic E-state index is -1.17. The van der Waals surface area contributed by atoms with Gasteiger partial charge >= 0.3 is 6.03 Å². The van der Waals surface area contributed by atoms with Crippen molar-refractivity contribution in [3.63, 3.8) is 0 Å². The molecule has 2 N–H and O–H groups in total. The number of nitrogens with one attached hydrogen (secondary N) is 2. The molecule has 0 saturated carbocycles. The Labute approximate surface area is 158 Å². The molecule has 2 aromatic rings. The lowest BCUT2D eigenvalue weighted by Gasteiger charge is -2.22. The zero-order chi connectivity index (χ0) is 19.6. The van der Waals surface area contributed by atoms with Gasteiger partial charge in [-0.2, -0.15) is 0 Å². The molecule has 1 aliphatic heterocycles. The molecule has 1 fully saturated rings. The van der Waals surface area contributed by atoms with Gasteiger partial charge in [-0.3, -0.25) is 14.5 Å². The minimum absolute atomic E-state index is 0.308. The Morgan fingerprint density at radius 3 is 2.44 bits per heavy atom. The molecule has 0 spiro atoms. The molecule has 0 bridgehead atoms. The summed E-state index contributed by atoms with van der Waals surface area (Å²) in [5.41, 5.74) is 2.65. The number of carbonyl (C=O) groups is 3. The predicted molar refractivity (Wildman–Crippen MR) is 102 cm³/mol. The standard InChI is InChI=1S/C21H23N3O3/c1-14-7-9-17(10-8-14)21(3)19(26)24(20(27)23-21)13-18(25)22-12-16-6-4-5-15(2)11-16/h4-11H,12-13H2,1-3H3,(H,22,25)(H,23,27). The lowest BCUT2D eigenvalue weighted by atomic mass is 9.91. The molecule has 4 amide bonds. The van der Waals surface area contributed by atoms with Crippen molar-refractivity contribution in [3.8, 4) is 0 Å². The number of hydrogen-bond acceptors (Lipinski definition) is 3. The van der Waals surface area contributed by atoms with E-state index in [1.165, 1.54) is 0 Å². The van der Waals surface area contributed by atoms with E-state index in [0.717, 1.165) is 21.6 Å². The smallest absolute Gasteiger partial charge is 0.325 e. The number of rotatable bonds is 5. The van der Waals surface area contributed by atoms with E-state index >= 15 is 0 Å². The monoisotopic (exact) mass is 365 g/mol. The van der Waals surface area contributed by atoms with Crippen molar-refractivity contribution in [2.45, 2.75) is 32.9 Å². The molecule has 6 nitrogen and oxygen atoms in total. The van der Waals surface area contributed by atoms with Crippen LogP contribution in [-0.2, 0) is 21.7 Å². The van der Waals surface area contributed by atoms with E-state index in [2.05, 4.69) is 10.6 Å². The SMILES string of the molecule is Cc1ccc(C2(C)NC(=O)N(CC(=O)NCc3cccc(C)c3)C2=O)cc1. The third-order valence-electron chi connectivity index (χ3n) is 4.78. The van der Waals surface area contributed by atoms with Crippen LogP contribution in [0, 0.1) is 13.8 Å². The minimum Gasteiger partial charge on any atom is -0.350 e. The van der Waals surface area contributed by atoms with Gasteiger partial charge < -0.3 is 10.6 Å². The summed E-state index contributed by atoms with van der Waals surface area (Å²) in [5, 5.41) is 5.47. The number of nitrogens with zero attached hydrogens (tertiary/aromatic N) is 1. The largest absolute Gasteiger partial charge is 0.350 e. The average molecular weight is 365 g/mol. The molecular weight excluding hydrogens is 342 g/mol. The number of carbonyl (C=O) groups excluding carboxylic acids is 3. The molecular formula is C21H23N3O3. The van der Waals surface area contributed by atoms with Gasteiger partial charge in [-0.15, -0.1) is 0 Å². The molecule has 3 rings (SSSR count). The third kappa shape index (κ3) is 3.84. The summed E-state index contributed by atoms with van der Waals surface area (Å²) in [6, 6.07) is 14.6. The van der Waals surface area contributed by atoms with Crippen LogP contribution in [0.3, 0.4) is 0 Å². The van der Waals surface area contributed by atoms with Crippen molar-refractivity contribution < 1.29 is 14.4 Å². The predicted octanol–water partition coefficient (Wildman–Crippen LogP) is 2.39. The summed E-state index contributed by atoms with van der Waals surface area (Å²) in [7, 11) is 0. The first-order valence-corrected chi connectivity index (χ1v) is 8.83. The van der Waals surface area contributed by atoms with Crippen LogP contribution in [0.5, 0.6) is 0 Å². The highest BCUT2D eigenvalue weighted by molar-refractivity contribution is 6.09. The Hall–Kier alpha value is -3.15. The van der Waals surface area contributed by atoms with Gasteiger partial charge in [0.1, 0.15) is 12.1 Å². The molecule has 1 atom stereocenters. The molecule has 0 aromatic heterocycles. The summed E-state index contributed by atoms with van der Waals surface area (Å²) in [5.74, 6) is -0.810. The zero-order valence-electron chi connectivity index (χ0n) is 15.7. The van der Waals surface area contributed by atoms with Gasteiger partial charge in [0, 0.05) is 6.54 Å². The molecule has 1 unspecified atom stereocenters. The van der Waals surface area contributed by atoms with Crippen LogP contribution < -0.4 is 10.6 Å². The number of aryl methyl sites for hydroxylation is 2. The Morgan fingerprint density at radius 2 is 1.78 bits per heavy atom. The highest BCUT2D eigenvalue weighted by atomic mass is 16.2. The van der Waals surface area contributed by atoms with Crippen molar-refractivity contribution in [1.82, 2.24) is 15.5 Å². The molecule has 6 heteroatoms. The molecule has 140 valence electrons. The fourth-order valence-corrected chi connectivity index (χ4v) is 3.15. The number of urea groups is 1. The van der Waals surface area contributed by atoms with Gasteiger partial charge in [0.25, 0.3) is 5.91 Å². The van der Waals surface area contributed by atoms with Crippen molar-refractivity contribution >= 4 is 17.8 Å². The number of imide groups is 1. The first-order chi connectivity index (χ1) is 12.8. The molecule has 1 aliphatic rings. The molecule has 1 saturated heterocycles. The molecule has 0 radical (unpaired) electrons. The van der Waals surface area contributed by atoms with Crippen molar-refractivity contribution in [2.75, 3.05) is 6.54 Å². The van der Waals surface area contributed by atoms with E-state index in [0.29, 0.717) is 12.1 Å². The first kappa shape index (κ1) is 18.6. The van der Waals surface area contributed by atoms with Gasteiger partial charge in [-0.1, -0.05) is 59.7 Å². The highest BCUT2D eigenvalue weighted by Gasteiger charge is 2.49. The van der Waals surface area contributed by atoms with Gasteiger partial charge in [-0.05, 0) is 31.9 Å². The van der Waals surface area contributed by atoms with Gasteiger partial charge in [0.05, 0.1) is 0 Å². The Balaban J connectivity index is 1.66. The van der Waals surface area contributed by atoms with Gasteiger partial charge in [-0.25, -0.2) is 4.79 Å². The van der Waals surface area contributed by atoms with Gasteiger partial charge in [0.15, 0.2) is 0 Å². The lowest BCUT2D eigenvalue weighted by Crippen LogP contribution is -2.43. The summed E-state index contributed by atoms with van der Waals surface area (Å²) in [4.78, 5) is 38.4. The summed E-state index contributed by atoms with van der Waals surface area (Å²) >= 11 is 0. The molecule has 2 aromatic carbocycles. The summed E-state index contributed by atoms with van der Waals surface area (Å²) < 4.78 is 0. The number of hydrogen-bond donors (Lipinski definition) is 2. The van der Waals surface area contributed by atoms with Crippen LogP contribution in [0.25, 0.3) is 0 Å². The second-order valence-electron chi connectivity index (χ2n) is 7.08. The summed E-state index contributed by atoms with van der Waals surface area (Å²) in [6.45, 7) is 5.62. The van der Waals surface area contributed by atoms with E-state index in [1.54, 1.807) is 6.92 Å². The van der Waals surface area contributed by atoms with Crippen molar-refractivity contribution in [1.29, 1.82) is 0 Å². The first-order valence-electron chi connectivity index (χ1n) is 8.83. The van der Waals surface area contributed by atoms with Crippen LogP contribution in [-0.4, -0.2) is 29.3 Å². The number of amides is 4. The highest BCUT2D eigenvalue weighted by Crippen LogP contribution is 2.28. The zero-order valence-corrected chi connectivity index (χ0v) is 15.7. The maximum absolute atomic E-state index is 12.8. The van der Waals surface area contributed by atoms with E-state index in [4.69, 9.17) is 0 Å². The Kier molecular flexibility index (Phi) is 4.99. The second kappa shape index (κ2) is 7.23. The number of benzene rings is 2. The molecule has 27 heavy (non-hydrogen) atoms. The summed E-state index contributed by atoms with van der Waals surface area (Å²) in [6.07, 6.45) is 0. The quantitative estimate of drug-likeness (QED) is 0.799. The molecule has 0 aliphatic carbocycles. The molecule has 1 heterocycles. The van der Waals surface area contributed by atoms with E-state index in [-0.39, 0.29) is 12.5 Å². The van der Waals surface area contributed by atoms with E-state index in [1.807, 2.05) is 62.4 Å². The van der Waals surface area contributed by atoms with E-state index < -0.39 is 17.5 Å². The van der Waals surface area contributed by atoms with Crippen LogP contribution in [0.4, 0.5) is 4.79 Å². The van der Waals surface area contributed by atoms with E-state index in [9.17, 15) is 14.4 Å². The Bertz CT molecular complexity index is 892. The topological polar surface area (TPSA) is 78.5 Å². The van der Waals surface area contributed by atoms with Crippen LogP contribution in [0.1, 0.15) is 29.2 Å². The van der Waals surface area contributed by atoms with Crippen LogP contribution in [0.15, 0.2) is 48.5 Å². The maximum atomic E-state index is 12.8. The second-order valence-corrected chi connectivity index (χ2v) is 7.08. The van der Waals surface area contributed by atoms with Gasteiger partial charge in [0.2, 0.25) is 5.91 Å².